The van der Waals surface area contributed by atoms with E-state index in [1.165, 1.54) is 76.0 Å². The molecule has 44 heavy (non-hydrogen) atoms. The number of carboxylic acid groups (broad SMARTS) is 1. The first-order chi connectivity index (χ1) is 21.1. The van der Waals surface area contributed by atoms with E-state index >= 15 is 0 Å². The molecule has 1 aromatic carbocycles. The van der Waals surface area contributed by atoms with Gasteiger partial charge in [-0.15, -0.1) is 0 Å². The van der Waals surface area contributed by atoms with Gasteiger partial charge < -0.3 is 30.7 Å². The number of carbonyl (C=O) groups excluding carboxylic acids is 3. The van der Waals surface area contributed by atoms with Crippen molar-refractivity contribution in [2.24, 2.45) is 5.92 Å². The molecule has 1 aliphatic heterocycles. The molecule has 3 aliphatic rings. The summed E-state index contributed by atoms with van der Waals surface area (Å²) in [6, 6.07) is 8.25. The Balaban J connectivity index is 0.000000335. The van der Waals surface area contributed by atoms with Crippen molar-refractivity contribution in [2.45, 2.75) is 141 Å². The number of benzene rings is 1. The van der Waals surface area contributed by atoms with Crippen LogP contribution in [0.3, 0.4) is 0 Å². The van der Waals surface area contributed by atoms with Gasteiger partial charge in [-0.2, -0.15) is 0 Å². The number of nitrogens with zero attached hydrogens (tertiary/aromatic N) is 1. The zero-order valence-electron chi connectivity index (χ0n) is 26.9. The second-order valence-electron chi connectivity index (χ2n) is 13.0. The molecule has 246 valence electrons. The predicted molar refractivity (Wildman–Crippen MR) is 170 cm³/mol. The molecule has 3 atom stereocenters. The van der Waals surface area contributed by atoms with Crippen LogP contribution in [0.15, 0.2) is 30.3 Å². The van der Waals surface area contributed by atoms with Crippen molar-refractivity contribution in [3.8, 4) is 0 Å². The zero-order chi connectivity index (χ0) is 31.9. The van der Waals surface area contributed by atoms with E-state index in [0.717, 1.165) is 17.6 Å². The van der Waals surface area contributed by atoms with Crippen LogP contribution in [-0.4, -0.2) is 70.6 Å². The van der Waals surface area contributed by atoms with Gasteiger partial charge in [0.2, 0.25) is 11.8 Å². The van der Waals surface area contributed by atoms with Crippen molar-refractivity contribution in [2.75, 3.05) is 6.54 Å². The van der Waals surface area contributed by atoms with Crippen molar-refractivity contribution >= 4 is 23.9 Å². The lowest BCUT2D eigenvalue weighted by Gasteiger charge is -2.30. The number of ether oxygens (including phenoxy) is 1. The molecule has 0 unspecified atom stereocenters. The second kappa shape index (κ2) is 18.6. The maximum absolute atomic E-state index is 12.8. The molecule has 10 heteroatoms. The lowest BCUT2D eigenvalue weighted by atomic mass is 9.91. The minimum absolute atomic E-state index is 0.0781. The van der Waals surface area contributed by atoms with E-state index < -0.39 is 42.0 Å². The number of hydrogen-bond donors (Lipinski definition) is 4. The molecule has 4 N–H and O–H groups in total. The van der Waals surface area contributed by atoms with Gasteiger partial charge in [0, 0.05) is 18.6 Å². The maximum Gasteiger partial charge on any atom is 0.408 e. The molecule has 3 fully saturated rings. The molecule has 0 radical (unpaired) electrons. The standard InChI is InChI=1S/C22H31N3O6.C12H23N/c1-14(2)12-17(21(28)29)24-19(26)18-10-7-11-25(18)20(27)15(3)23-22(30)31-13-16-8-5-4-6-9-16;1-3-7-11(8-4-1)13-12-9-5-2-6-10-12/h4-6,8-9,14-15,17-18H,7,10-13H2,1-3H3,(H,23,30)(H,24,26)(H,28,29);11-13H,1-10H2/t15-,17-,18-;/m0./s1. The number of amides is 3. The summed E-state index contributed by atoms with van der Waals surface area (Å²) in [5, 5.41) is 18.3. The molecule has 10 nitrogen and oxygen atoms in total. The van der Waals surface area contributed by atoms with Crippen molar-refractivity contribution in [1.29, 1.82) is 0 Å². The van der Waals surface area contributed by atoms with Gasteiger partial charge in [-0.1, -0.05) is 82.7 Å². The summed E-state index contributed by atoms with van der Waals surface area (Å²) in [6.07, 6.45) is 15.2. The highest BCUT2D eigenvalue weighted by Gasteiger charge is 2.38. The number of hydrogen-bond acceptors (Lipinski definition) is 6. The number of nitrogens with one attached hydrogen (secondary N) is 3. The van der Waals surface area contributed by atoms with Crippen molar-refractivity contribution in [3.05, 3.63) is 35.9 Å². The topological polar surface area (TPSA) is 137 Å². The number of likely N-dealkylation sites (tertiary alicyclic amines) is 1. The highest BCUT2D eigenvalue weighted by atomic mass is 16.5. The van der Waals surface area contributed by atoms with Crippen LogP contribution in [0, 0.1) is 5.92 Å². The summed E-state index contributed by atoms with van der Waals surface area (Å²) in [5.74, 6) is -1.91. The van der Waals surface area contributed by atoms with Gasteiger partial charge in [-0.25, -0.2) is 9.59 Å². The molecule has 0 aromatic heterocycles. The van der Waals surface area contributed by atoms with Crippen LogP contribution in [0.1, 0.15) is 110 Å². The Kier molecular flexibility index (Phi) is 15.0. The largest absolute Gasteiger partial charge is 0.480 e. The van der Waals surface area contributed by atoms with Gasteiger partial charge in [-0.05, 0) is 63.4 Å². The average Bonchev–Trinajstić information content (AvgIpc) is 3.51. The van der Waals surface area contributed by atoms with E-state index in [1.54, 1.807) is 0 Å². The van der Waals surface area contributed by atoms with Crippen LogP contribution in [0.5, 0.6) is 0 Å². The van der Waals surface area contributed by atoms with E-state index in [-0.39, 0.29) is 12.5 Å². The molecular weight excluding hydrogens is 560 g/mol. The molecule has 1 saturated heterocycles. The second-order valence-corrected chi connectivity index (χ2v) is 13.0. The van der Waals surface area contributed by atoms with Gasteiger partial charge >= 0.3 is 12.1 Å². The predicted octanol–water partition coefficient (Wildman–Crippen LogP) is 5.15. The molecular formula is C34H54N4O6. The van der Waals surface area contributed by atoms with Crippen LogP contribution in [0.4, 0.5) is 4.79 Å². The Morgan fingerprint density at radius 3 is 1.98 bits per heavy atom. The molecule has 1 aromatic rings. The highest BCUT2D eigenvalue weighted by molar-refractivity contribution is 5.93. The third-order valence-corrected chi connectivity index (χ3v) is 8.76. The minimum atomic E-state index is -1.10. The molecule has 0 spiro atoms. The number of rotatable bonds is 11. The van der Waals surface area contributed by atoms with E-state index in [1.807, 2.05) is 44.2 Å². The monoisotopic (exact) mass is 614 g/mol. The van der Waals surface area contributed by atoms with Gasteiger partial charge in [0.25, 0.3) is 0 Å². The minimum Gasteiger partial charge on any atom is -0.480 e. The third-order valence-electron chi connectivity index (χ3n) is 8.76. The fourth-order valence-electron chi connectivity index (χ4n) is 6.39. The first-order valence-corrected chi connectivity index (χ1v) is 16.7. The maximum atomic E-state index is 12.8. The molecule has 1 heterocycles. The molecule has 2 saturated carbocycles. The zero-order valence-corrected chi connectivity index (χ0v) is 26.9. The van der Waals surface area contributed by atoms with Crippen LogP contribution in [-0.2, 0) is 25.7 Å². The van der Waals surface area contributed by atoms with Crippen LogP contribution >= 0.6 is 0 Å². The summed E-state index contributed by atoms with van der Waals surface area (Å²) in [7, 11) is 0. The Hall–Kier alpha value is -3.14. The molecule has 2 aliphatic carbocycles. The summed E-state index contributed by atoms with van der Waals surface area (Å²) < 4.78 is 5.14. The summed E-state index contributed by atoms with van der Waals surface area (Å²) >= 11 is 0. The lowest BCUT2D eigenvalue weighted by Crippen LogP contribution is -2.54. The normalized spacial score (nSPS) is 20.6. The van der Waals surface area contributed by atoms with Crippen LogP contribution in [0.2, 0.25) is 0 Å². The van der Waals surface area contributed by atoms with Crippen molar-refractivity contribution < 1.29 is 29.0 Å². The fraction of sp³-hybridized carbons (Fsp3) is 0.706. The van der Waals surface area contributed by atoms with E-state index in [2.05, 4.69) is 16.0 Å². The van der Waals surface area contributed by atoms with Crippen LogP contribution < -0.4 is 16.0 Å². The first kappa shape index (κ1) is 35.3. The Morgan fingerprint density at radius 1 is 0.841 bits per heavy atom. The SMILES string of the molecule is C1CCC(NC2CCCCC2)CC1.CC(C)C[C@H](NC(=O)[C@@H]1CCCN1C(=O)[C@H](C)NC(=O)OCc1ccccc1)C(=O)O. The quantitative estimate of drug-likeness (QED) is 0.271. The number of alkyl carbamates (subject to hydrolysis) is 1. The first-order valence-electron chi connectivity index (χ1n) is 16.7. The van der Waals surface area contributed by atoms with Crippen LogP contribution in [0.25, 0.3) is 0 Å². The lowest BCUT2D eigenvalue weighted by molar-refractivity contribution is -0.144. The molecule has 3 amide bonds. The van der Waals surface area contributed by atoms with Gasteiger partial charge in [0.1, 0.15) is 24.7 Å². The summed E-state index contributed by atoms with van der Waals surface area (Å²) in [6.45, 7) is 5.71. The average molecular weight is 615 g/mol. The van der Waals surface area contributed by atoms with Gasteiger partial charge in [0.15, 0.2) is 0 Å². The van der Waals surface area contributed by atoms with E-state index in [0.29, 0.717) is 25.8 Å². The van der Waals surface area contributed by atoms with E-state index in [9.17, 15) is 24.3 Å². The van der Waals surface area contributed by atoms with Crippen molar-refractivity contribution in [3.63, 3.8) is 0 Å². The fourth-order valence-corrected chi connectivity index (χ4v) is 6.39. The number of carbonyl (C=O) groups is 4. The molecule has 0 bridgehead atoms. The Morgan fingerprint density at radius 2 is 1.43 bits per heavy atom. The number of aliphatic carboxylic acids is 1. The Bertz CT molecular complexity index is 1020. The number of carboxylic acids is 1. The van der Waals surface area contributed by atoms with E-state index in [4.69, 9.17) is 4.74 Å². The van der Waals surface area contributed by atoms with Crippen molar-refractivity contribution in [1.82, 2.24) is 20.9 Å². The molecule has 4 rings (SSSR count). The highest BCUT2D eigenvalue weighted by Crippen LogP contribution is 2.23. The summed E-state index contributed by atoms with van der Waals surface area (Å²) in [4.78, 5) is 50.4. The van der Waals surface area contributed by atoms with Gasteiger partial charge in [0.05, 0.1) is 0 Å². The third kappa shape index (κ3) is 12.1. The Labute approximate surface area is 263 Å². The smallest absolute Gasteiger partial charge is 0.408 e. The summed E-state index contributed by atoms with van der Waals surface area (Å²) in [5.41, 5.74) is 0.822. The van der Waals surface area contributed by atoms with Gasteiger partial charge in [-0.3, -0.25) is 9.59 Å².